The average molecular weight is 372 g/mol. The van der Waals surface area contributed by atoms with E-state index in [0.29, 0.717) is 23.3 Å². The van der Waals surface area contributed by atoms with Gasteiger partial charge in [0.15, 0.2) is 17.5 Å². The molecule has 1 heterocycles. The van der Waals surface area contributed by atoms with E-state index in [1.54, 1.807) is 24.3 Å². The van der Waals surface area contributed by atoms with Gasteiger partial charge in [0.2, 0.25) is 5.91 Å². The van der Waals surface area contributed by atoms with Crippen molar-refractivity contribution in [3.05, 3.63) is 60.4 Å². The molecule has 0 spiro atoms. The van der Waals surface area contributed by atoms with Crippen molar-refractivity contribution >= 4 is 28.7 Å². The number of nitrogens with one attached hydrogen (secondary N) is 1. The zero-order valence-electron chi connectivity index (χ0n) is 14.6. The van der Waals surface area contributed by atoms with Gasteiger partial charge in [-0.05, 0) is 19.1 Å². The van der Waals surface area contributed by atoms with Crippen LogP contribution in [-0.2, 0) is 16.1 Å². The molecule has 2 aromatic rings. The molecule has 2 rings (SSSR count). The second-order valence-corrected chi connectivity index (χ2v) is 6.88. The van der Waals surface area contributed by atoms with Gasteiger partial charge in [-0.3, -0.25) is 14.4 Å². The van der Waals surface area contributed by atoms with Crippen molar-refractivity contribution in [2.24, 2.45) is 5.73 Å². The zero-order chi connectivity index (χ0) is 18.9. The van der Waals surface area contributed by atoms with E-state index in [4.69, 9.17) is 5.73 Å². The van der Waals surface area contributed by atoms with Crippen LogP contribution in [0.15, 0.2) is 59.8 Å². The van der Waals surface area contributed by atoms with E-state index in [1.807, 2.05) is 35.2 Å². The summed E-state index contributed by atoms with van der Waals surface area (Å²) in [6.07, 6.45) is 5.03. The number of aryl methyl sites for hydroxylation is 1. The van der Waals surface area contributed by atoms with Crippen molar-refractivity contribution in [1.29, 1.82) is 0 Å². The van der Waals surface area contributed by atoms with Gasteiger partial charge in [0, 0.05) is 29.9 Å². The molecule has 0 aliphatic carbocycles. The van der Waals surface area contributed by atoms with E-state index in [-0.39, 0.29) is 5.12 Å². The first-order chi connectivity index (χ1) is 12.5. The van der Waals surface area contributed by atoms with Crippen molar-refractivity contribution in [3.8, 4) is 0 Å². The summed E-state index contributed by atoms with van der Waals surface area (Å²) < 4.78 is 2.02. The van der Waals surface area contributed by atoms with E-state index < -0.39 is 17.9 Å². The van der Waals surface area contributed by atoms with Gasteiger partial charge in [-0.25, -0.2) is 4.57 Å². The van der Waals surface area contributed by atoms with Crippen molar-refractivity contribution in [1.82, 2.24) is 5.32 Å². The van der Waals surface area contributed by atoms with Gasteiger partial charge in [-0.2, -0.15) is 0 Å². The Morgan fingerprint density at radius 3 is 2.50 bits per heavy atom. The topological polar surface area (TPSA) is 93.1 Å². The second-order valence-electron chi connectivity index (χ2n) is 5.78. The lowest BCUT2D eigenvalue weighted by Gasteiger charge is -2.12. The fourth-order valence-electron chi connectivity index (χ4n) is 2.25. The van der Waals surface area contributed by atoms with E-state index in [2.05, 4.69) is 5.32 Å². The molecular formula is C19H22N3O3S+. The van der Waals surface area contributed by atoms with E-state index in [1.165, 1.54) is 6.92 Å². The molecule has 0 saturated heterocycles. The van der Waals surface area contributed by atoms with Gasteiger partial charge >= 0.3 is 0 Å². The first kappa shape index (κ1) is 19.7. The van der Waals surface area contributed by atoms with Crippen LogP contribution >= 0.6 is 11.8 Å². The lowest BCUT2D eigenvalue weighted by Crippen LogP contribution is -2.42. The molecule has 0 fully saturated rings. The average Bonchev–Trinajstić information content (AvgIpc) is 2.62. The fourth-order valence-corrected chi connectivity index (χ4v) is 3.16. The van der Waals surface area contributed by atoms with Crippen molar-refractivity contribution < 1.29 is 19.0 Å². The Hall–Kier alpha value is -2.67. The number of carbonyl (C=O) groups is 3. The third-order valence-corrected chi connectivity index (χ3v) is 4.71. The predicted molar refractivity (Wildman–Crippen MR) is 99.3 cm³/mol. The molecule has 0 aliphatic rings. The minimum Gasteiger partial charge on any atom is -0.368 e. The van der Waals surface area contributed by atoms with Gasteiger partial charge < -0.3 is 11.1 Å². The molecule has 6 nitrogen and oxygen atoms in total. The Bertz CT molecular complexity index is 781. The number of pyridine rings is 1. The Kier molecular flexibility index (Phi) is 7.35. The molecule has 7 heteroatoms. The standard InChI is InChI=1S/C19H21N3O3S/c1-14(18(20)24)21-19(25)15-8-3-4-9-16(15)26-17(23)10-7-13-22-11-5-2-6-12-22/h2-6,8-9,11-12,14H,7,10,13H2,1H3,(H2-,20,21,24,25)/p+1. The smallest absolute Gasteiger partial charge is 0.253 e. The Morgan fingerprint density at radius 2 is 1.81 bits per heavy atom. The molecule has 1 aromatic heterocycles. The quantitative estimate of drug-likeness (QED) is 0.545. The highest BCUT2D eigenvalue weighted by atomic mass is 32.2. The monoisotopic (exact) mass is 372 g/mol. The van der Waals surface area contributed by atoms with E-state index >= 15 is 0 Å². The van der Waals surface area contributed by atoms with Gasteiger partial charge in [0.05, 0.1) is 5.56 Å². The summed E-state index contributed by atoms with van der Waals surface area (Å²) in [7, 11) is 0. The normalized spacial score (nSPS) is 11.6. The summed E-state index contributed by atoms with van der Waals surface area (Å²) in [4.78, 5) is 36.2. The highest BCUT2D eigenvalue weighted by molar-refractivity contribution is 8.13. The molecule has 2 amide bonds. The van der Waals surface area contributed by atoms with E-state index in [0.717, 1.165) is 18.3 Å². The molecule has 0 radical (unpaired) electrons. The lowest BCUT2D eigenvalue weighted by atomic mass is 10.2. The van der Waals surface area contributed by atoms with Crippen LogP contribution in [0.3, 0.4) is 0 Å². The largest absolute Gasteiger partial charge is 0.368 e. The Labute approximate surface area is 156 Å². The first-order valence-corrected chi connectivity index (χ1v) is 9.13. The van der Waals surface area contributed by atoms with Crippen molar-refractivity contribution in [2.75, 3.05) is 0 Å². The fraction of sp³-hybridized carbons (Fsp3) is 0.263. The number of thioether (sulfide) groups is 1. The molecule has 1 atom stereocenters. The number of benzene rings is 1. The summed E-state index contributed by atoms with van der Waals surface area (Å²) in [5.74, 6) is -1.04. The molecule has 3 N–H and O–H groups in total. The van der Waals surface area contributed by atoms with Gasteiger partial charge in [-0.1, -0.05) is 30.0 Å². The van der Waals surface area contributed by atoms with Crippen LogP contribution in [0.2, 0.25) is 0 Å². The highest BCUT2D eigenvalue weighted by Gasteiger charge is 2.18. The summed E-state index contributed by atoms with van der Waals surface area (Å²) in [6.45, 7) is 2.27. The maximum absolute atomic E-state index is 12.3. The van der Waals surface area contributed by atoms with Crippen LogP contribution in [0.4, 0.5) is 0 Å². The molecule has 0 bridgehead atoms. The van der Waals surface area contributed by atoms with E-state index in [9.17, 15) is 14.4 Å². The minimum atomic E-state index is -0.779. The van der Waals surface area contributed by atoms with Crippen LogP contribution < -0.4 is 15.6 Å². The summed E-state index contributed by atoms with van der Waals surface area (Å²) in [6, 6.07) is 11.9. The Balaban J connectivity index is 1.93. The third-order valence-electron chi connectivity index (χ3n) is 3.70. The number of rotatable bonds is 8. The number of hydrogen-bond donors (Lipinski definition) is 2. The second kappa shape index (κ2) is 9.72. The zero-order valence-corrected chi connectivity index (χ0v) is 15.4. The molecule has 0 aliphatic heterocycles. The molecule has 26 heavy (non-hydrogen) atoms. The third kappa shape index (κ3) is 6.00. The number of nitrogens with zero attached hydrogens (tertiary/aromatic N) is 1. The van der Waals surface area contributed by atoms with Gasteiger partial charge in [-0.15, -0.1) is 0 Å². The SMILES string of the molecule is CC(NC(=O)c1ccccc1SC(=O)CCC[n+]1ccccc1)C(N)=O. The van der Waals surface area contributed by atoms with Crippen molar-refractivity contribution in [3.63, 3.8) is 0 Å². The number of hydrogen-bond acceptors (Lipinski definition) is 4. The number of nitrogens with two attached hydrogens (primary N) is 1. The van der Waals surface area contributed by atoms with Crippen LogP contribution in [0.1, 0.15) is 30.1 Å². The molecule has 1 unspecified atom stereocenters. The van der Waals surface area contributed by atoms with Gasteiger partial charge in [0.25, 0.3) is 5.91 Å². The van der Waals surface area contributed by atoms with Crippen LogP contribution in [0.5, 0.6) is 0 Å². The highest BCUT2D eigenvalue weighted by Crippen LogP contribution is 2.25. The molecule has 0 saturated carbocycles. The molecule has 1 aromatic carbocycles. The van der Waals surface area contributed by atoms with Crippen LogP contribution in [-0.4, -0.2) is 23.0 Å². The Morgan fingerprint density at radius 1 is 1.12 bits per heavy atom. The number of primary amides is 1. The summed E-state index contributed by atoms with van der Waals surface area (Å²) in [5.41, 5.74) is 5.53. The predicted octanol–water partition coefficient (Wildman–Crippen LogP) is 1.68. The first-order valence-electron chi connectivity index (χ1n) is 8.31. The number of aromatic nitrogens is 1. The number of carbonyl (C=O) groups excluding carboxylic acids is 3. The van der Waals surface area contributed by atoms with Crippen molar-refractivity contribution in [2.45, 2.75) is 37.2 Å². The maximum atomic E-state index is 12.3. The molecular weight excluding hydrogens is 350 g/mol. The maximum Gasteiger partial charge on any atom is 0.253 e. The van der Waals surface area contributed by atoms with Crippen LogP contribution in [0, 0.1) is 0 Å². The number of amides is 2. The summed E-state index contributed by atoms with van der Waals surface area (Å²) >= 11 is 1.04. The summed E-state index contributed by atoms with van der Waals surface area (Å²) in [5, 5.41) is 2.52. The van der Waals surface area contributed by atoms with Gasteiger partial charge in [0.1, 0.15) is 12.6 Å². The van der Waals surface area contributed by atoms with Crippen LogP contribution in [0.25, 0.3) is 0 Å². The lowest BCUT2D eigenvalue weighted by molar-refractivity contribution is -0.697. The molecule has 136 valence electrons. The minimum absolute atomic E-state index is 0.00951.